The molecule has 72 valence electrons. The molecule has 2 amide bonds. The predicted molar refractivity (Wildman–Crippen MR) is 50.8 cm³/mol. The summed E-state index contributed by atoms with van der Waals surface area (Å²) in [5.41, 5.74) is 5.43. The third-order valence-electron chi connectivity index (χ3n) is 1.47. The molecule has 4 heteroatoms. The van der Waals surface area contributed by atoms with Crippen molar-refractivity contribution in [2.24, 2.45) is 5.73 Å². The van der Waals surface area contributed by atoms with Gasteiger partial charge in [0.05, 0.1) is 0 Å². The summed E-state index contributed by atoms with van der Waals surface area (Å²) in [5.74, 6) is -0.683. The van der Waals surface area contributed by atoms with Crippen LogP contribution in [0.15, 0.2) is 24.3 Å². The minimum Gasteiger partial charge on any atom is -0.366 e. The second-order valence-corrected chi connectivity index (χ2v) is 2.45. The molecule has 0 saturated carbocycles. The van der Waals surface area contributed by atoms with Crippen LogP contribution >= 0.6 is 0 Å². The molecule has 0 aliphatic rings. The summed E-state index contributed by atoms with van der Waals surface area (Å²) in [4.78, 5) is 21.6. The molecule has 0 radical (unpaired) electrons. The lowest BCUT2D eigenvalue weighted by molar-refractivity contribution is -0.120. The van der Waals surface area contributed by atoms with Crippen molar-refractivity contribution in [3.8, 4) is 0 Å². The third-order valence-corrected chi connectivity index (χ3v) is 1.47. The predicted octanol–water partition coefficient (Wildman–Crippen LogP) is 0.110. The average Bonchev–Trinajstić information content (AvgIpc) is 2.05. The molecule has 0 spiro atoms. The second kappa shape index (κ2) is 5.99. The Morgan fingerprint density at radius 2 is 2.15 bits per heavy atom. The monoisotopic (exact) mass is 182 g/mol. The summed E-state index contributed by atoms with van der Waals surface area (Å²) in [7, 11) is 0. The number of hydrogen-bond donors (Lipinski definition) is 2. The third kappa shape index (κ3) is 4.79. The smallest absolute Gasteiger partial charge is 0.246 e. The summed E-state index contributed by atoms with van der Waals surface area (Å²) in [6.45, 7) is 5.29. The highest BCUT2D eigenvalue weighted by Gasteiger charge is 2.04. The van der Waals surface area contributed by atoms with Crippen LogP contribution in [0.2, 0.25) is 0 Å². The Labute approximate surface area is 77.5 Å². The maximum absolute atomic E-state index is 10.9. The number of carbonyl (C=O) groups excluding carboxylic acids is 2. The van der Waals surface area contributed by atoms with Gasteiger partial charge < -0.3 is 11.1 Å². The SMILES string of the molecule is C=CCC(=O)NCC(=CC)C(N)=O. The lowest BCUT2D eigenvalue weighted by Gasteiger charge is -2.03. The zero-order valence-electron chi connectivity index (χ0n) is 7.67. The van der Waals surface area contributed by atoms with Crippen molar-refractivity contribution in [1.29, 1.82) is 0 Å². The molecular weight excluding hydrogens is 168 g/mol. The highest BCUT2D eigenvalue weighted by Crippen LogP contribution is 1.90. The first-order valence-corrected chi connectivity index (χ1v) is 3.94. The van der Waals surface area contributed by atoms with Gasteiger partial charge in [-0.15, -0.1) is 6.58 Å². The minimum absolute atomic E-state index is 0.171. The van der Waals surface area contributed by atoms with Gasteiger partial charge in [-0.2, -0.15) is 0 Å². The first-order chi connectivity index (χ1) is 6.11. The summed E-state index contributed by atoms with van der Waals surface area (Å²) >= 11 is 0. The molecule has 0 aromatic carbocycles. The summed E-state index contributed by atoms with van der Waals surface area (Å²) in [6, 6.07) is 0. The Bertz CT molecular complexity index is 244. The maximum Gasteiger partial charge on any atom is 0.246 e. The van der Waals surface area contributed by atoms with Crippen molar-refractivity contribution < 1.29 is 9.59 Å². The Balaban J connectivity index is 3.93. The molecular formula is C9H14N2O2. The Hall–Kier alpha value is -1.58. The molecule has 0 fully saturated rings. The number of allylic oxidation sites excluding steroid dienone is 1. The quantitative estimate of drug-likeness (QED) is 0.468. The number of hydrogen-bond acceptors (Lipinski definition) is 2. The molecule has 0 saturated heterocycles. The second-order valence-electron chi connectivity index (χ2n) is 2.45. The summed E-state index contributed by atoms with van der Waals surface area (Å²) in [5, 5.41) is 2.54. The first kappa shape index (κ1) is 11.4. The topological polar surface area (TPSA) is 72.2 Å². The Kier molecular flexibility index (Phi) is 5.27. The molecule has 0 aliphatic carbocycles. The number of rotatable bonds is 5. The van der Waals surface area contributed by atoms with Crippen molar-refractivity contribution in [2.75, 3.05) is 6.54 Å². The van der Waals surface area contributed by atoms with Gasteiger partial charge in [0.15, 0.2) is 0 Å². The van der Waals surface area contributed by atoms with Crippen LogP contribution in [-0.2, 0) is 9.59 Å². The van der Waals surface area contributed by atoms with Gasteiger partial charge in [0.2, 0.25) is 11.8 Å². The molecule has 0 heterocycles. The largest absolute Gasteiger partial charge is 0.366 e. The molecule has 0 bridgehead atoms. The van der Waals surface area contributed by atoms with Crippen molar-refractivity contribution in [1.82, 2.24) is 5.32 Å². The molecule has 0 aromatic heterocycles. The van der Waals surface area contributed by atoms with E-state index >= 15 is 0 Å². The Morgan fingerprint density at radius 3 is 2.54 bits per heavy atom. The fourth-order valence-corrected chi connectivity index (χ4v) is 0.729. The van der Waals surface area contributed by atoms with E-state index in [1.54, 1.807) is 13.0 Å². The average molecular weight is 182 g/mol. The van der Waals surface area contributed by atoms with Crippen LogP contribution in [0.25, 0.3) is 0 Å². The van der Waals surface area contributed by atoms with E-state index in [-0.39, 0.29) is 18.9 Å². The van der Waals surface area contributed by atoms with E-state index in [9.17, 15) is 9.59 Å². The van der Waals surface area contributed by atoms with Crippen LogP contribution in [0.3, 0.4) is 0 Å². The Morgan fingerprint density at radius 1 is 1.54 bits per heavy atom. The first-order valence-electron chi connectivity index (χ1n) is 3.94. The molecule has 0 aromatic rings. The van der Waals surface area contributed by atoms with Crippen molar-refractivity contribution in [3.05, 3.63) is 24.3 Å². The molecule has 13 heavy (non-hydrogen) atoms. The number of primary amides is 1. The number of nitrogens with one attached hydrogen (secondary N) is 1. The van der Waals surface area contributed by atoms with Crippen LogP contribution in [-0.4, -0.2) is 18.4 Å². The minimum atomic E-state index is -0.513. The van der Waals surface area contributed by atoms with Crippen LogP contribution in [0.5, 0.6) is 0 Å². The van der Waals surface area contributed by atoms with Gasteiger partial charge in [0, 0.05) is 18.5 Å². The highest BCUT2D eigenvalue weighted by atomic mass is 16.2. The van der Waals surface area contributed by atoms with E-state index in [0.717, 1.165) is 0 Å². The standard InChI is InChI=1S/C9H14N2O2/c1-3-5-8(12)11-6-7(4-2)9(10)13/h3-4H,1,5-6H2,2H3,(H2,10,13)(H,11,12). The van der Waals surface area contributed by atoms with Gasteiger partial charge in [0.1, 0.15) is 0 Å². The maximum atomic E-state index is 10.9. The van der Waals surface area contributed by atoms with Gasteiger partial charge in [-0.3, -0.25) is 9.59 Å². The molecule has 0 rings (SSSR count). The van der Waals surface area contributed by atoms with Crippen LogP contribution in [0.4, 0.5) is 0 Å². The number of carbonyl (C=O) groups is 2. The number of nitrogens with two attached hydrogens (primary N) is 1. The van der Waals surface area contributed by atoms with Gasteiger partial charge >= 0.3 is 0 Å². The zero-order valence-corrected chi connectivity index (χ0v) is 7.67. The summed E-state index contributed by atoms with van der Waals surface area (Å²) < 4.78 is 0. The zero-order chi connectivity index (χ0) is 10.3. The fourth-order valence-electron chi connectivity index (χ4n) is 0.729. The molecule has 3 N–H and O–H groups in total. The lowest BCUT2D eigenvalue weighted by atomic mass is 10.2. The van der Waals surface area contributed by atoms with Gasteiger partial charge in [-0.05, 0) is 6.92 Å². The summed E-state index contributed by atoms with van der Waals surface area (Å²) in [6.07, 6.45) is 3.32. The number of amides is 2. The van der Waals surface area contributed by atoms with Crippen molar-refractivity contribution in [2.45, 2.75) is 13.3 Å². The van der Waals surface area contributed by atoms with Crippen LogP contribution in [0, 0.1) is 0 Å². The fraction of sp³-hybridized carbons (Fsp3) is 0.333. The van der Waals surface area contributed by atoms with Crippen molar-refractivity contribution in [3.63, 3.8) is 0 Å². The van der Waals surface area contributed by atoms with Gasteiger partial charge in [0.25, 0.3) is 0 Å². The van der Waals surface area contributed by atoms with Crippen LogP contribution < -0.4 is 11.1 Å². The lowest BCUT2D eigenvalue weighted by Crippen LogP contribution is -2.29. The van der Waals surface area contributed by atoms with E-state index < -0.39 is 5.91 Å². The van der Waals surface area contributed by atoms with Gasteiger partial charge in [-0.1, -0.05) is 12.2 Å². The van der Waals surface area contributed by atoms with E-state index in [1.165, 1.54) is 6.08 Å². The molecule has 4 nitrogen and oxygen atoms in total. The van der Waals surface area contributed by atoms with E-state index in [4.69, 9.17) is 5.73 Å². The molecule has 0 atom stereocenters. The van der Waals surface area contributed by atoms with Crippen molar-refractivity contribution >= 4 is 11.8 Å². The van der Waals surface area contributed by atoms with Crippen LogP contribution in [0.1, 0.15) is 13.3 Å². The van der Waals surface area contributed by atoms with E-state index in [0.29, 0.717) is 5.57 Å². The van der Waals surface area contributed by atoms with Gasteiger partial charge in [-0.25, -0.2) is 0 Å². The van der Waals surface area contributed by atoms with E-state index in [1.807, 2.05) is 0 Å². The normalized spacial score (nSPS) is 10.7. The highest BCUT2D eigenvalue weighted by molar-refractivity contribution is 5.93. The molecule has 0 unspecified atom stereocenters. The molecule has 0 aliphatic heterocycles. The van der Waals surface area contributed by atoms with E-state index in [2.05, 4.69) is 11.9 Å².